The van der Waals surface area contributed by atoms with Crippen LogP contribution in [0.1, 0.15) is 46.5 Å². The van der Waals surface area contributed by atoms with Crippen LogP contribution in [0.5, 0.6) is 0 Å². The Bertz CT molecular complexity index is 391. The van der Waals surface area contributed by atoms with E-state index in [1.807, 2.05) is 25.7 Å². The average Bonchev–Trinajstić information content (AvgIpc) is 2.65. The molecule has 2 heterocycles. The summed E-state index contributed by atoms with van der Waals surface area (Å²) >= 11 is 0. The van der Waals surface area contributed by atoms with Gasteiger partial charge >= 0.3 is 12.1 Å². The van der Waals surface area contributed by atoms with Gasteiger partial charge in [0.2, 0.25) is 0 Å². The Morgan fingerprint density at radius 3 is 2.24 bits per heavy atom. The number of carbonyl (C=O) groups is 2. The van der Waals surface area contributed by atoms with E-state index in [9.17, 15) is 9.59 Å². The van der Waals surface area contributed by atoms with E-state index in [0.717, 1.165) is 25.7 Å². The molecule has 2 saturated heterocycles. The van der Waals surface area contributed by atoms with Crippen LogP contribution in [0.2, 0.25) is 0 Å². The second-order valence-electron chi connectivity index (χ2n) is 6.90. The fourth-order valence-corrected chi connectivity index (χ4v) is 3.26. The zero-order chi connectivity index (χ0) is 15.6. The van der Waals surface area contributed by atoms with Crippen LogP contribution in [-0.4, -0.2) is 54.3 Å². The molecule has 0 spiro atoms. The van der Waals surface area contributed by atoms with Crippen LogP contribution >= 0.6 is 0 Å². The lowest BCUT2D eigenvalue weighted by Gasteiger charge is -2.39. The molecule has 2 rings (SSSR count). The maximum absolute atomic E-state index is 12.3. The molecule has 0 aromatic carbocycles. The highest BCUT2D eigenvalue weighted by Crippen LogP contribution is 2.36. The largest absolute Gasteiger partial charge is 0.468 e. The predicted octanol–water partition coefficient (Wildman–Crippen LogP) is 1.68. The summed E-state index contributed by atoms with van der Waals surface area (Å²) in [5.41, 5.74) is -0.462. The highest BCUT2D eigenvalue weighted by molar-refractivity contribution is 5.71. The molecule has 2 unspecified atom stereocenters. The second-order valence-corrected chi connectivity index (χ2v) is 6.90. The molecule has 120 valence electrons. The van der Waals surface area contributed by atoms with Gasteiger partial charge < -0.3 is 19.7 Å². The number of rotatable bonds is 3. The van der Waals surface area contributed by atoms with Crippen LogP contribution in [0, 0.1) is 0 Å². The van der Waals surface area contributed by atoms with Gasteiger partial charge in [0.05, 0.1) is 13.7 Å². The van der Waals surface area contributed by atoms with E-state index in [-0.39, 0.29) is 36.7 Å². The average molecular weight is 298 g/mol. The van der Waals surface area contributed by atoms with E-state index in [1.165, 1.54) is 7.11 Å². The monoisotopic (exact) mass is 298 g/mol. The summed E-state index contributed by atoms with van der Waals surface area (Å²) in [6.45, 7) is 5.89. The van der Waals surface area contributed by atoms with Gasteiger partial charge in [-0.1, -0.05) is 0 Å². The number of carbonyl (C=O) groups excluding carboxylic acids is 2. The van der Waals surface area contributed by atoms with Crippen molar-refractivity contribution in [3.8, 4) is 0 Å². The molecule has 1 N–H and O–H groups in total. The van der Waals surface area contributed by atoms with E-state index < -0.39 is 5.60 Å². The minimum atomic E-state index is -0.462. The topological polar surface area (TPSA) is 67.9 Å². The smallest absolute Gasteiger partial charge is 0.410 e. The summed E-state index contributed by atoms with van der Waals surface area (Å²) < 4.78 is 10.1. The van der Waals surface area contributed by atoms with Crippen LogP contribution in [0.3, 0.4) is 0 Å². The van der Waals surface area contributed by atoms with Gasteiger partial charge in [-0.25, -0.2) is 4.79 Å². The van der Waals surface area contributed by atoms with Gasteiger partial charge in [-0.05, 0) is 46.5 Å². The van der Waals surface area contributed by atoms with Gasteiger partial charge in [0.1, 0.15) is 5.60 Å². The van der Waals surface area contributed by atoms with Crippen molar-refractivity contribution in [2.24, 2.45) is 0 Å². The lowest BCUT2D eigenvalue weighted by molar-refractivity contribution is -0.139. The van der Waals surface area contributed by atoms with Crippen LogP contribution < -0.4 is 5.32 Å². The normalized spacial score (nSPS) is 28.4. The zero-order valence-corrected chi connectivity index (χ0v) is 13.3. The Morgan fingerprint density at radius 1 is 1.19 bits per heavy atom. The van der Waals surface area contributed by atoms with Crippen molar-refractivity contribution in [3.05, 3.63) is 0 Å². The van der Waals surface area contributed by atoms with Gasteiger partial charge in [0, 0.05) is 18.1 Å². The third kappa shape index (κ3) is 4.09. The molecule has 2 atom stereocenters. The highest BCUT2D eigenvalue weighted by Gasteiger charge is 2.44. The third-order valence-electron chi connectivity index (χ3n) is 4.10. The van der Waals surface area contributed by atoms with E-state index >= 15 is 0 Å². The van der Waals surface area contributed by atoms with E-state index in [4.69, 9.17) is 4.74 Å². The Morgan fingerprint density at radius 2 is 1.76 bits per heavy atom. The number of piperidine rings is 1. The van der Waals surface area contributed by atoms with E-state index in [0.29, 0.717) is 0 Å². The standard InChI is InChI=1S/C15H26N2O4/c1-15(2,3)21-14(19)17-11-5-6-12(17)8-10(7-11)16-9-13(18)20-4/h10-12,16H,5-9H2,1-4H3. The van der Waals surface area contributed by atoms with Crippen molar-refractivity contribution < 1.29 is 19.1 Å². The maximum atomic E-state index is 12.3. The summed E-state index contributed by atoms with van der Waals surface area (Å²) in [5, 5.41) is 3.23. The Kier molecular flexibility index (Phi) is 4.76. The van der Waals surface area contributed by atoms with Crippen molar-refractivity contribution in [2.75, 3.05) is 13.7 Å². The summed E-state index contributed by atoms with van der Waals surface area (Å²) in [4.78, 5) is 25.4. The minimum absolute atomic E-state index is 0.207. The first-order chi connectivity index (χ1) is 9.80. The van der Waals surface area contributed by atoms with Gasteiger partial charge in [0.25, 0.3) is 0 Å². The quantitative estimate of drug-likeness (QED) is 0.803. The molecule has 0 aromatic rings. The minimum Gasteiger partial charge on any atom is -0.468 e. The Balaban J connectivity index is 1.90. The van der Waals surface area contributed by atoms with Crippen molar-refractivity contribution >= 4 is 12.1 Å². The number of hydrogen-bond donors (Lipinski definition) is 1. The molecule has 0 aromatic heterocycles. The molecule has 2 aliphatic rings. The number of methoxy groups -OCH3 is 1. The van der Waals surface area contributed by atoms with Crippen molar-refractivity contribution in [2.45, 2.75) is 70.2 Å². The van der Waals surface area contributed by atoms with Gasteiger partial charge in [0.15, 0.2) is 0 Å². The predicted molar refractivity (Wildman–Crippen MR) is 77.9 cm³/mol. The van der Waals surface area contributed by atoms with Gasteiger partial charge in [-0.15, -0.1) is 0 Å². The molecule has 6 heteroatoms. The first kappa shape index (κ1) is 16.1. The first-order valence-electron chi connectivity index (χ1n) is 7.61. The van der Waals surface area contributed by atoms with Crippen LogP contribution in [0.25, 0.3) is 0 Å². The Hall–Kier alpha value is -1.30. The molecule has 21 heavy (non-hydrogen) atoms. The first-order valence-corrected chi connectivity index (χ1v) is 7.61. The molecule has 2 bridgehead atoms. The highest BCUT2D eigenvalue weighted by atomic mass is 16.6. The fraction of sp³-hybridized carbons (Fsp3) is 0.867. The zero-order valence-electron chi connectivity index (χ0n) is 13.3. The summed E-state index contributed by atoms with van der Waals surface area (Å²) in [5.74, 6) is -0.253. The number of nitrogens with one attached hydrogen (secondary N) is 1. The van der Waals surface area contributed by atoms with Crippen molar-refractivity contribution in [1.29, 1.82) is 0 Å². The number of esters is 1. The molecule has 2 fully saturated rings. The van der Waals surface area contributed by atoms with Crippen molar-refractivity contribution in [3.63, 3.8) is 0 Å². The maximum Gasteiger partial charge on any atom is 0.410 e. The van der Waals surface area contributed by atoms with E-state index in [1.54, 1.807) is 0 Å². The van der Waals surface area contributed by atoms with Crippen molar-refractivity contribution in [1.82, 2.24) is 10.2 Å². The molecule has 2 aliphatic heterocycles. The number of hydrogen-bond acceptors (Lipinski definition) is 5. The lowest BCUT2D eigenvalue weighted by Crippen LogP contribution is -2.53. The summed E-state index contributed by atoms with van der Waals surface area (Å²) in [6.07, 6.45) is 3.56. The molecular weight excluding hydrogens is 272 g/mol. The van der Waals surface area contributed by atoms with E-state index in [2.05, 4.69) is 10.1 Å². The molecular formula is C15H26N2O4. The number of fused-ring (bicyclic) bond motifs is 2. The molecule has 1 amide bonds. The lowest BCUT2D eigenvalue weighted by atomic mass is 9.98. The van der Waals surface area contributed by atoms with Crippen LogP contribution in [-0.2, 0) is 14.3 Å². The summed E-state index contributed by atoms with van der Waals surface area (Å²) in [7, 11) is 1.39. The number of amides is 1. The van der Waals surface area contributed by atoms with Gasteiger partial charge in [-0.3, -0.25) is 4.79 Å². The SMILES string of the molecule is COC(=O)CNC1CC2CCC(C1)N2C(=O)OC(C)(C)C. The fourth-order valence-electron chi connectivity index (χ4n) is 3.26. The molecule has 6 nitrogen and oxygen atoms in total. The molecule has 0 saturated carbocycles. The summed E-state index contributed by atoms with van der Waals surface area (Å²) in [6, 6.07) is 0.697. The number of nitrogens with zero attached hydrogens (tertiary/aromatic N) is 1. The van der Waals surface area contributed by atoms with Gasteiger partial charge in [-0.2, -0.15) is 0 Å². The third-order valence-corrected chi connectivity index (χ3v) is 4.10. The Labute approximate surface area is 126 Å². The number of ether oxygens (including phenoxy) is 2. The second kappa shape index (κ2) is 6.22. The van der Waals surface area contributed by atoms with Crippen LogP contribution in [0.4, 0.5) is 4.79 Å². The van der Waals surface area contributed by atoms with Crippen LogP contribution in [0.15, 0.2) is 0 Å². The molecule has 0 radical (unpaired) electrons. The molecule has 0 aliphatic carbocycles.